The smallest absolute Gasteiger partial charge is 0.319 e. The molecule has 4 N–H and O–H groups in total. The maximum atomic E-state index is 17.0. The fourth-order valence-corrected chi connectivity index (χ4v) is 13.7. The molecule has 21 heteroatoms. The van der Waals surface area contributed by atoms with E-state index in [4.69, 9.17) is 35.6 Å². The molecule has 12 rings (SSSR count). The number of likely N-dealkylation sites (tertiary alicyclic amines) is 3. The number of rotatable bonds is 17. The molecule has 6 aromatic rings. The zero-order valence-corrected chi connectivity index (χ0v) is 46.1. The summed E-state index contributed by atoms with van der Waals surface area (Å²) in [6.45, 7) is 11.8. The average Bonchev–Trinajstić information content (AvgIpc) is 3.80. The van der Waals surface area contributed by atoms with Gasteiger partial charge in [0.15, 0.2) is 11.6 Å². The number of phenolic OH excluding ortho intramolecular Hbond substituents is 1. The van der Waals surface area contributed by atoms with Crippen molar-refractivity contribution in [1.82, 2.24) is 50.4 Å². The molecule has 2 unspecified atom stereocenters. The molecule has 2 aromatic carbocycles. The Morgan fingerprint density at radius 2 is 1.73 bits per heavy atom. The molecule has 4 aromatic heterocycles. The number of ether oxygens (including phenoxy) is 2. The number of hydrogen-bond acceptors (Lipinski definition) is 17. The molecule has 6 fully saturated rings. The first-order chi connectivity index (χ1) is 37.6. The lowest BCUT2D eigenvalue weighted by molar-refractivity contribution is -0.141. The van der Waals surface area contributed by atoms with E-state index in [0.717, 1.165) is 85.4 Å². The number of aromatic nitrogens is 5. The van der Waals surface area contributed by atoms with E-state index in [9.17, 15) is 19.8 Å². The largest absolute Gasteiger partial charge is 0.508 e. The molecule has 1 saturated carbocycles. The molecule has 0 spiro atoms. The van der Waals surface area contributed by atoms with Crippen molar-refractivity contribution in [3.8, 4) is 39.3 Å². The van der Waals surface area contributed by atoms with Crippen molar-refractivity contribution in [3.63, 3.8) is 0 Å². The highest BCUT2D eigenvalue weighted by Gasteiger charge is 2.45. The Bertz CT molecular complexity index is 3200. The van der Waals surface area contributed by atoms with Crippen molar-refractivity contribution >= 4 is 51.5 Å². The molecule has 9 heterocycles. The highest BCUT2D eigenvalue weighted by atomic mass is 35.5. The number of thiazole rings is 1. The number of aliphatic hydroxyl groups excluding tert-OH is 1. The van der Waals surface area contributed by atoms with Gasteiger partial charge in [-0.2, -0.15) is 9.97 Å². The van der Waals surface area contributed by atoms with Crippen LogP contribution in [-0.2, 0) is 9.59 Å². The normalized spacial score (nSPS) is 24.5. The number of amides is 2. The number of hydrogen-bond donors (Lipinski definition) is 4. The van der Waals surface area contributed by atoms with Gasteiger partial charge in [0.05, 0.1) is 33.6 Å². The van der Waals surface area contributed by atoms with Crippen LogP contribution in [0.2, 0.25) is 5.02 Å². The molecular formula is C57H67ClFN11O7S. The number of nitrogens with one attached hydrogen (secondary N) is 2. The zero-order valence-electron chi connectivity index (χ0n) is 44.6. The number of aryl methyl sites for hydroxylation is 1. The minimum atomic E-state index is -0.849. The highest BCUT2D eigenvalue weighted by Crippen LogP contribution is 2.49. The van der Waals surface area contributed by atoms with Crippen molar-refractivity contribution < 1.29 is 38.2 Å². The van der Waals surface area contributed by atoms with E-state index in [1.807, 2.05) is 57.5 Å². The van der Waals surface area contributed by atoms with Gasteiger partial charge in [0.2, 0.25) is 11.8 Å². The number of pyridine rings is 1. The van der Waals surface area contributed by atoms with Crippen molar-refractivity contribution in [2.45, 2.75) is 133 Å². The van der Waals surface area contributed by atoms with Crippen molar-refractivity contribution in [1.29, 1.82) is 0 Å². The molecule has 5 aliphatic heterocycles. The summed E-state index contributed by atoms with van der Waals surface area (Å²) in [5, 5.41) is 33.2. The highest BCUT2D eigenvalue weighted by molar-refractivity contribution is 7.13. The number of β-amino-alcohol motifs (C(OH)–C–C–N with tert-alkyl or cyclic N) is 1. The number of piperazine rings is 1. The summed E-state index contributed by atoms with van der Waals surface area (Å²) < 4.78 is 35.5. The zero-order chi connectivity index (χ0) is 54.1. The van der Waals surface area contributed by atoms with Gasteiger partial charge in [-0.3, -0.25) is 24.4 Å². The third kappa shape index (κ3) is 10.5. The number of fused-ring (bicyclic) bond motifs is 3. The van der Waals surface area contributed by atoms with E-state index in [0.29, 0.717) is 65.2 Å². The van der Waals surface area contributed by atoms with Gasteiger partial charge in [0.1, 0.15) is 47.4 Å². The number of likely N-dealkylation sites (N-methyl/N-ethyl adjacent to an activating group) is 1. The molecule has 5 saturated heterocycles. The van der Waals surface area contributed by atoms with Gasteiger partial charge in [0.25, 0.3) is 5.88 Å². The van der Waals surface area contributed by atoms with Crippen LogP contribution in [0, 0.1) is 18.7 Å². The van der Waals surface area contributed by atoms with Gasteiger partial charge >= 0.3 is 6.01 Å². The molecule has 1 aliphatic carbocycles. The number of benzene rings is 2. The number of nitrogens with zero attached hydrogens (tertiary/aromatic N) is 9. The number of phenols is 1. The van der Waals surface area contributed by atoms with E-state index in [-0.39, 0.29) is 83.8 Å². The van der Waals surface area contributed by atoms with Crippen LogP contribution in [0.4, 0.5) is 10.2 Å². The number of carbonyl (C=O) groups is 2. The van der Waals surface area contributed by atoms with Crippen LogP contribution in [0.25, 0.3) is 32.6 Å². The second-order valence-corrected chi connectivity index (χ2v) is 24.1. The van der Waals surface area contributed by atoms with Gasteiger partial charge in [-0.05, 0) is 105 Å². The van der Waals surface area contributed by atoms with Crippen LogP contribution in [0.1, 0.15) is 106 Å². The van der Waals surface area contributed by atoms with Crippen LogP contribution in [0.5, 0.6) is 17.6 Å². The first-order valence-corrected chi connectivity index (χ1v) is 28.8. The first kappa shape index (κ1) is 52.7. The van der Waals surface area contributed by atoms with Crippen LogP contribution in [0.3, 0.4) is 0 Å². The number of halogens is 2. The van der Waals surface area contributed by atoms with E-state index in [1.165, 1.54) is 11.0 Å². The quantitative estimate of drug-likeness (QED) is 0.0693. The topological polar surface area (TPSA) is 208 Å². The standard InChI is InChI=1S/C57H67ClFN11O7S/c1-29(2)48(56(74)70-24-40(72)18-45(70)55(73)62-30(3)32-6-10-34(11-7-32)53-31(4)61-28-78-53)46-19-47(66-77-46)76-41-25-68(26-41)23-37-14-15-38(67(37)5)27-75-57-64-52-43(54(65-57)69-21-35-12-13-36(22-69)63-35)20-60-51(50(52)59)42-16-39(71)17-44(58)49(42)33-8-9-33/h6-7,10-11,16-17,19-20,28-30,33,35-38,40-41,45,48,63,71-72H,8-9,12-15,18,21-27H2,1-5H3,(H,62,73)/t30-,35?,36?,37-,38-,40+,45-,48-/m0/s1. The van der Waals surface area contributed by atoms with Gasteiger partial charge < -0.3 is 44.6 Å². The summed E-state index contributed by atoms with van der Waals surface area (Å²) >= 11 is 8.24. The Kier molecular flexibility index (Phi) is 14.5. The molecule has 8 atom stereocenters. The van der Waals surface area contributed by atoms with Crippen molar-refractivity contribution in [2.24, 2.45) is 5.92 Å². The lowest BCUT2D eigenvalue weighted by Crippen LogP contribution is -2.57. The van der Waals surface area contributed by atoms with Crippen LogP contribution >= 0.6 is 22.9 Å². The summed E-state index contributed by atoms with van der Waals surface area (Å²) in [7, 11) is 2.12. The molecule has 6 aliphatic rings. The minimum absolute atomic E-state index is 0.0368. The number of anilines is 1. The van der Waals surface area contributed by atoms with E-state index >= 15 is 4.39 Å². The summed E-state index contributed by atoms with van der Waals surface area (Å²) in [4.78, 5) is 56.3. The minimum Gasteiger partial charge on any atom is -0.508 e. The second-order valence-electron chi connectivity index (χ2n) is 22.8. The predicted molar refractivity (Wildman–Crippen MR) is 294 cm³/mol. The summed E-state index contributed by atoms with van der Waals surface area (Å²) in [5.74, 6) is -0.796. The fourth-order valence-electron chi connectivity index (χ4n) is 12.6. The summed E-state index contributed by atoms with van der Waals surface area (Å²) in [6.07, 6.45) is 6.71. The Morgan fingerprint density at radius 3 is 2.45 bits per heavy atom. The van der Waals surface area contributed by atoms with Crippen molar-refractivity contribution in [2.75, 3.05) is 57.8 Å². The number of aliphatic hydroxyl groups is 1. The molecule has 2 amide bonds. The van der Waals surface area contributed by atoms with Gasteiger partial charge in [-0.15, -0.1) is 11.3 Å². The average molecular weight is 1100 g/mol. The van der Waals surface area contributed by atoms with Gasteiger partial charge in [-0.25, -0.2) is 9.37 Å². The molecule has 18 nitrogen and oxygen atoms in total. The van der Waals surface area contributed by atoms with Crippen molar-refractivity contribution in [3.05, 3.63) is 87.6 Å². The molecular weight excluding hydrogens is 1040 g/mol. The van der Waals surface area contributed by atoms with E-state index in [2.05, 4.69) is 47.5 Å². The van der Waals surface area contributed by atoms with Gasteiger partial charge in [0, 0.05) is 92.7 Å². The lowest BCUT2D eigenvalue weighted by Gasteiger charge is -2.41. The molecule has 2 bridgehead atoms. The number of carbonyl (C=O) groups excluding carboxylic acids is 2. The maximum Gasteiger partial charge on any atom is 0.319 e. The van der Waals surface area contributed by atoms with Crippen LogP contribution < -0.4 is 25.0 Å². The van der Waals surface area contributed by atoms with Gasteiger partial charge in [-0.1, -0.05) is 49.7 Å². The monoisotopic (exact) mass is 1100 g/mol. The van der Waals surface area contributed by atoms with Crippen LogP contribution in [-0.4, -0.2) is 157 Å². The molecule has 0 radical (unpaired) electrons. The Hall–Kier alpha value is -6.03. The number of aromatic hydroxyl groups is 1. The third-order valence-electron chi connectivity index (χ3n) is 17.0. The fraction of sp³-hybridized carbons (Fsp3) is 0.526. The lowest BCUT2D eigenvalue weighted by atomic mass is 9.91. The molecule has 412 valence electrons. The summed E-state index contributed by atoms with van der Waals surface area (Å²) in [6, 6.07) is 12.7. The Labute approximate surface area is 461 Å². The Morgan fingerprint density at radius 1 is 0.974 bits per heavy atom. The van der Waals surface area contributed by atoms with E-state index in [1.54, 1.807) is 29.7 Å². The Balaban J connectivity index is 0.656. The third-order valence-corrected chi connectivity index (χ3v) is 18.3. The predicted octanol–water partition coefficient (Wildman–Crippen LogP) is 7.61. The van der Waals surface area contributed by atoms with Crippen LogP contribution in [0.15, 0.2) is 58.7 Å². The second kappa shape index (κ2) is 21.6. The van der Waals surface area contributed by atoms with E-state index < -0.39 is 23.9 Å². The SMILES string of the molecule is Cc1ncsc1-c1ccc([C@H](C)NC(=O)[C@@H]2C[C@@H](O)CN2C(=O)[C@H](c2cc(OC3CN(C[C@@H]4CC[C@@H](COc5nc(N6CC7CCC(C6)N7)c6cnc(-c7cc(O)cc(Cl)c7C7CC7)c(F)c6n5)N4C)C3)no2)C(C)C)cc1. The summed E-state index contributed by atoms with van der Waals surface area (Å²) in [5.41, 5.74) is 6.28. The maximum absolute atomic E-state index is 17.0. The first-order valence-electron chi connectivity index (χ1n) is 27.5. The molecule has 78 heavy (non-hydrogen) atoms.